The predicted molar refractivity (Wildman–Crippen MR) is 120 cm³/mol. The van der Waals surface area contributed by atoms with Crippen LogP contribution in [-0.4, -0.2) is 51.6 Å². The third-order valence-corrected chi connectivity index (χ3v) is 7.56. The van der Waals surface area contributed by atoms with Crippen molar-refractivity contribution in [1.82, 2.24) is 4.31 Å². The molecule has 1 saturated heterocycles. The molecule has 6 nitrogen and oxygen atoms in total. The van der Waals surface area contributed by atoms with Crippen LogP contribution in [0.2, 0.25) is 0 Å². The van der Waals surface area contributed by atoms with Gasteiger partial charge in [0.05, 0.1) is 10.5 Å². The van der Waals surface area contributed by atoms with Crippen LogP contribution in [0.25, 0.3) is 0 Å². The van der Waals surface area contributed by atoms with E-state index in [1.807, 2.05) is 0 Å². The maximum absolute atomic E-state index is 13.1. The molecule has 1 fully saturated rings. The lowest BCUT2D eigenvalue weighted by molar-refractivity contribution is 0.102. The molecule has 1 heterocycles. The van der Waals surface area contributed by atoms with Crippen LogP contribution in [0.15, 0.2) is 52.3 Å². The molecule has 1 amide bonds. The highest BCUT2D eigenvalue weighted by atomic mass is 32.2. The van der Waals surface area contributed by atoms with Crippen LogP contribution in [0, 0.1) is 0 Å². The van der Waals surface area contributed by atoms with Crippen molar-refractivity contribution in [2.75, 3.05) is 37.4 Å². The monoisotopic (exact) mass is 469 g/mol. The Hall–Kier alpha value is -2.17. The van der Waals surface area contributed by atoms with Crippen molar-refractivity contribution in [2.24, 2.45) is 0 Å². The molecule has 0 spiro atoms. The molecule has 10 heteroatoms. The van der Waals surface area contributed by atoms with Crippen LogP contribution in [0.1, 0.15) is 29.6 Å². The zero-order valence-electron chi connectivity index (χ0n) is 17.3. The summed E-state index contributed by atoms with van der Waals surface area (Å²) >= 11 is 0.427. The normalized spacial score (nSPS) is 14.8. The second-order valence-electron chi connectivity index (χ2n) is 7.37. The summed E-state index contributed by atoms with van der Waals surface area (Å²) < 4.78 is 51.3. The van der Waals surface area contributed by atoms with Gasteiger partial charge in [-0.3, -0.25) is 4.79 Å². The van der Waals surface area contributed by atoms with Crippen LogP contribution in [0.3, 0.4) is 0 Å². The topological polar surface area (TPSA) is 69.7 Å². The predicted octanol–water partition coefficient (Wildman–Crippen LogP) is 4.49. The van der Waals surface area contributed by atoms with Gasteiger partial charge in [-0.25, -0.2) is 12.7 Å². The Morgan fingerprint density at radius 2 is 1.71 bits per heavy atom. The Kier molecular flexibility index (Phi) is 7.55. The highest BCUT2D eigenvalue weighted by molar-refractivity contribution is 7.99. The van der Waals surface area contributed by atoms with Gasteiger partial charge >= 0.3 is 0 Å². The summed E-state index contributed by atoms with van der Waals surface area (Å²) in [5, 5.41) is 2.76. The molecule has 168 valence electrons. The fourth-order valence-corrected chi connectivity index (χ4v) is 4.82. The van der Waals surface area contributed by atoms with Gasteiger partial charge in [0.1, 0.15) is 0 Å². The number of alkyl halides is 2. The van der Waals surface area contributed by atoms with Crippen LogP contribution in [0.4, 0.5) is 20.2 Å². The molecule has 2 aromatic carbocycles. The summed E-state index contributed by atoms with van der Waals surface area (Å²) in [5.41, 5.74) is 1.38. The molecule has 0 saturated carbocycles. The number of carbonyl (C=O) groups is 1. The SMILES string of the molecule is CN(C)S(=O)(=O)c1ccc(N2CCCCC2)c(C(=O)Nc2ccc(SC(F)F)cc2)c1. The van der Waals surface area contributed by atoms with E-state index in [1.54, 1.807) is 18.2 Å². The van der Waals surface area contributed by atoms with Crippen molar-refractivity contribution in [3.63, 3.8) is 0 Å². The van der Waals surface area contributed by atoms with E-state index in [0.717, 1.165) is 36.7 Å². The van der Waals surface area contributed by atoms with Crippen molar-refractivity contribution < 1.29 is 22.0 Å². The molecule has 1 aliphatic rings. The van der Waals surface area contributed by atoms with E-state index in [9.17, 15) is 22.0 Å². The summed E-state index contributed by atoms with van der Waals surface area (Å²) in [6.45, 7) is 1.58. The maximum atomic E-state index is 13.1. The number of hydrogen-bond acceptors (Lipinski definition) is 5. The van der Waals surface area contributed by atoms with Crippen LogP contribution < -0.4 is 10.2 Å². The molecule has 1 aliphatic heterocycles. The molecule has 0 unspecified atom stereocenters. The van der Waals surface area contributed by atoms with E-state index in [0.29, 0.717) is 28.0 Å². The average Bonchev–Trinajstić information content (AvgIpc) is 2.74. The van der Waals surface area contributed by atoms with Gasteiger partial charge in [-0.05, 0) is 61.7 Å². The number of halogens is 2. The second-order valence-corrected chi connectivity index (χ2v) is 10.6. The number of benzene rings is 2. The molecule has 31 heavy (non-hydrogen) atoms. The molecule has 3 rings (SSSR count). The Morgan fingerprint density at radius 1 is 1.06 bits per heavy atom. The van der Waals surface area contributed by atoms with Crippen molar-refractivity contribution in [2.45, 2.75) is 34.8 Å². The Bertz CT molecular complexity index is 1020. The summed E-state index contributed by atoms with van der Waals surface area (Å²) in [5.74, 6) is -2.97. The number of nitrogens with zero attached hydrogens (tertiary/aromatic N) is 2. The molecule has 0 aromatic heterocycles. The smallest absolute Gasteiger partial charge is 0.288 e. The van der Waals surface area contributed by atoms with E-state index in [1.165, 1.54) is 38.4 Å². The quantitative estimate of drug-likeness (QED) is 0.605. The highest BCUT2D eigenvalue weighted by Crippen LogP contribution is 2.30. The molecule has 0 aliphatic carbocycles. The second kappa shape index (κ2) is 9.97. The van der Waals surface area contributed by atoms with Gasteiger partial charge in [0.25, 0.3) is 11.7 Å². The van der Waals surface area contributed by atoms with Crippen molar-refractivity contribution in [3.8, 4) is 0 Å². The zero-order chi connectivity index (χ0) is 22.6. The van der Waals surface area contributed by atoms with E-state index in [-0.39, 0.29) is 10.5 Å². The molecule has 0 bridgehead atoms. The molecule has 0 atom stereocenters. The first kappa shape index (κ1) is 23.5. The minimum Gasteiger partial charge on any atom is -0.371 e. The van der Waals surface area contributed by atoms with E-state index < -0.39 is 21.7 Å². The third-order valence-electron chi connectivity index (χ3n) is 5.03. The average molecular weight is 470 g/mol. The first-order chi connectivity index (χ1) is 14.7. The van der Waals surface area contributed by atoms with Crippen LogP contribution >= 0.6 is 11.8 Å². The number of hydrogen-bond donors (Lipinski definition) is 1. The minimum atomic E-state index is -3.71. The summed E-state index contributed by atoms with van der Waals surface area (Å²) in [4.78, 5) is 15.6. The largest absolute Gasteiger partial charge is 0.371 e. The first-order valence-electron chi connectivity index (χ1n) is 9.86. The third kappa shape index (κ3) is 5.75. The number of sulfonamides is 1. The van der Waals surface area contributed by atoms with Gasteiger partial charge in [0, 0.05) is 43.5 Å². The molecule has 2 aromatic rings. The Balaban J connectivity index is 1.92. The lowest BCUT2D eigenvalue weighted by Crippen LogP contribution is -2.32. The fourth-order valence-electron chi connectivity index (χ4n) is 3.40. The molecular weight excluding hydrogens is 444 g/mol. The van der Waals surface area contributed by atoms with Gasteiger partial charge in [0.2, 0.25) is 10.0 Å². The van der Waals surface area contributed by atoms with Gasteiger partial charge in [-0.1, -0.05) is 11.8 Å². The number of nitrogens with one attached hydrogen (secondary N) is 1. The van der Waals surface area contributed by atoms with Crippen molar-refractivity contribution in [1.29, 1.82) is 0 Å². The first-order valence-corrected chi connectivity index (χ1v) is 12.2. The number of amides is 1. The lowest BCUT2D eigenvalue weighted by atomic mass is 10.1. The summed E-state index contributed by atoms with van der Waals surface area (Å²) in [6.07, 6.45) is 3.12. The van der Waals surface area contributed by atoms with Crippen molar-refractivity contribution in [3.05, 3.63) is 48.0 Å². The van der Waals surface area contributed by atoms with E-state index in [4.69, 9.17) is 0 Å². The van der Waals surface area contributed by atoms with Gasteiger partial charge in [-0.15, -0.1) is 0 Å². The molecular formula is C21H25F2N3O3S2. The standard InChI is InChI=1S/C21H25F2N3O3S2/c1-25(2)31(28,29)17-10-11-19(26-12-4-3-5-13-26)18(14-17)20(27)24-15-6-8-16(9-7-15)30-21(22)23/h6-11,14,21H,3-5,12-13H2,1-2H3,(H,24,27). The summed E-state index contributed by atoms with van der Waals surface area (Å²) in [6, 6.07) is 10.7. The van der Waals surface area contributed by atoms with Crippen LogP contribution in [-0.2, 0) is 10.0 Å². The van der Waals surface area contributed by atoms with Gasteiger partial charge < -0.3 is 10.2 Å². The van der Waals surface area contributed by atoms with Gasteiger partial charge in [0.15, 0.2) is 0 Å². The number of rotatable bonds is 7. The number of piperidine rings is 1. The number of thioether (sulfide) groups is 1. The van der Waals surface area contributed by atoms with Gasteiger partial charge in [-0.2, -0.15) is 8.78 Å². The Morgan fingerprint density at radius 3 is 2.29 bits per heavy atom. The Labute approximate surface area is 185 Å². The number of carbonyl (C=O) groups excluding carboxylic acids is 1. The summed E-state index contributed by atoms with van der Waals surface area (Å²) in [7, 11) is -0.835. The minimum absolute atomic E-state index is 0.0343. The molecule has 1 N–H and O–H groups in total. The van der Waals surface area contributed by atoms with E-state index in [2.05, 4.69) is 10.2 Å². The van der Waals surface area contributed by atoms with E-state index >= 15 is 0 Å². The lowest BCUT2D eigenvalue weighted by Gasteiger charge is -2.30. The zero-order valence-corrected chi connectivity index (χ0v) is 19.0. The van der Waals surface area contributed by atoms with Crippen molar-refractivity contribution >= 4 is 39.1 Å². The highest BCUT2D eigenvalue weighted by Gasteiger charge is 2.24. The van der Waals surface area contributed by atoms with Crippen LogP contribution in [0.5, 0.6) is 0 Å². The fraction of sp³-hybridized carbons (Fsp3) is 0.381. The molecule has 0 radical (unpaired) electrons. The number of anilines is 2. The maximum Gasteiger partial charge on any atom is 0.288 e.